The first-order valence-corrected chi connectivity index (χ1v) is 5.13. The Morgan fingerprint density at radius 2 is 1.57 bits per heavy atom. The number of anilines is 1. The molecule has 0 aliphatic heterocycles. The molecule has 0 amide bonds. The van der Waals surface area contributed by atoms with E-state index in [1.807, 2.05) is 12.1 Å². The fourth-order valence-electron chi connectivity index (χ4n) is 2.31. The van der Waals surface area contributed by atoms with Gasteiger partial charge in [-0.15, -0.1) is 0 Å². The highest BCUT2D eigenvalue weighted by Crippen LogP contribution is 2.37. The van der Waals surface area contributed by atoms with Gasteiger partial charge in [0.15, 0.2) is 0 Å². The van der Waals surface area contributed by atoms with Crippen LogP contribution in [0.2, 0.25) is 5.02 Å². The summed E-state index contributed by atoms with van der Waals surface area (Å²) in [6, 6.07) is 8.13. The first kappa shape index (κ1) is 8.13. The van der Waals surface area contributed by atoms with E-state index in [-0.39, 0.29) is 0 Å². The third-order valence-corrected chi connectivity index (χ3v) is 3.29. The van der Waals surface area contributed by atoms with E-state index in [0.717, 1.165) is 28.9 Å². The zero-order chi connectivity index (χ0) is 9.71. The van der Waals surface area contributed by atoms with Crippen molar-refractivity contribution in [2.24, 2.45) is 0 Å². The SMILES string of the molecule is Nc1ccc2c3c(ccc(Cl)c13)CC2. The maximum atomic E-state index is 6.15. The molecule has 0 fully saturated rings. The quantitative estimate of drug-likeness (QED) is 0.654. The highest BCUT2D eigenvalue weighted by atomic mass is 35.5. The van der Waals surface area contributed by atoms with Gasteiger partial charge in [0.1, 0.15) is 0 Å². The molecule has 2 aromatic rings. The lowest BCUT2D eigenvalue weighted by Crippen LogP contribution is -1.89. The van der Waals surface area contributed by atoms with Crippen molar-refractivity contribution in [1.82, 2.24) is 0 Å². The number of hydrogen-bond donors (Lipinski definition) is 1. The monoisotopic (exact) mass is 203 g/mol. The summed E-state index contributed by atoms with van der Waals surface area (Å²) in [5.74, 6) is 0. The lowest BCUT2D eigenvalue weighted by molar-refractivity contribution is 1.02. The Labute approximate surface area is 87.5 Å². The van der Waals surface area contributed by atoms with Crippen molar-refractivity contribution < 1.29 is 0 Å². The number of rotatable bonds is 0. The van der Waals surface area contributed by atoms with Crippen molar-refractivity contribution in [3.8, 4) is 0 Å². The third kappa shape index (κ3) is 0.906. The molecule has 1 aliphatic rings. The van der Waals surface area contributed by atoms with Crippen LogP contribution in [0.1, 0.15) is 11.1 Å². The third-order valence-electron chi connectivity index (χ3n) is 2.98. The standard InChI is InChI=1S/C12H10ClN/c13-9-5-3-7-1-2-8-4-6-10(14)12(9)11(7)8/h3-6H,1-2,14H2. The Morgan fingerprint density at radius 3 is 2.29 bits per heavy atom. The molecule has 3 rings (SSSR count). The number of nitrogen functional groups attached to an aromatic ring is 1. The fraction of sp³-hybridized carbons (Fsp3) is 0.167. The molecular formula is C12H10ClN. The smallest absolute Gasteiger partial charge is 0.0505 e. The molecule has 0 radical (unpaired) electrons. The van der Waals surface area contributed by atoms with Crippen molar-refractivity contribution in [1.29, 1.82) is 0 Å². The minimum absolute atomic E-state index is 0.769. The van der Waals surface area contributed by atoms with Crippen molar-refractivity contribution in [3.63, 3.8) is 0 Å². The molecule has 1 nitrogen and oxygen atoms in total. The Bertz CT molecular complexity index is 487. The van der Waals surface area contributed by atoms with Crippen LogP contribution in [-0.4, -0.2) is 0 Å². The van der Waals surface area contributed by atoms with Gasteiger partial charge in [-0.3, -0.25) is 0 Å². The second-order valence-corrected chi connectivity index (χ2v) is 4.18. The van der Waals surface area contributed by atoms with E-state index in [9.17, 15) is 0 Å². The molecule has 0 saturated carbocycles. The second kappa shape index (κ2) is 2.64. The first-order chi connectivity index (χ1) is 6.77. The van der Waals surface area contributed by atoms with E-state index in [1.54, 1.807) is 0 Å². The maximum absolute atomic E-state index is 6.15. The number of benzene rings is 2. The summed E-state index contributed by atoms with van der Waals surface area (Å²) in [5.41, 5.74) is 9.49. The average molecular weight is 204 g/mol. The average Bonchev–Trinajstić information content (AvgIpc) is 2.58. The first-order valence-electron chi connectivity index (χ1n) is 4.76. The fourth-order valence-corrected chi connectivity index (χ4v) is 2.58. The van der Waals surface area contributed by atoms with Crippen LogP contribution in [0.4, 0.5) is 5.69 Å². The lowest BCUT2D eigenvalue weighted by atomic mass is 10.0. The summed E-state index contributed by atoms with van der Waals surface area (Å²) in [6.45, 7) is 0. The number of nitrogens with two attached hydrogens (primary N) is 1. The molecule has 0 bridgehead atoms. The van der Waals surface area contributed by atoms with Crippen LogP contribution in [0.5, 0.6) is 0 Å². The summed E-state index contributed by atoms with van der Waals surface area (Å²) >= 11 is 6.15. The highest BCUT2D eigenvalue weighted by molar-refractivity contribution is 6.37. The van der Waals surface area contributed by atoms with Crippen LogP contribution in [0.15, 0.2) is 24.3 Å². The largest absolute Gasteiger partial charge is 0.398 e. The molecule has 0 unspecified atom stereocenters. The molecule has 0 spiro atoms. The molecule has 0 heterocycles. The van der Waals surface area contributed by atoms with E-state index in [4.69, 9.17) is 17.3 Å². The van der Waals surface area contributed by atoms with Crippen LogP contribution in [0, 0.1) is 0 Å². The van der Waals surface area contributed by atoms with Gasteiger partial charge in [-0.2, -0.15) is 0 Å². The lowest BCUT2D eigenvalue weighted by Gasteiger charge is -2.06. The van der Waals surface area contributed by atoms with Gasteiger partial charge >= 0.3 is 0 Å². The van der Waals surface area contributed by atoms with Gasteiger partial charge in [-0.1, -0.05) is 23.7 Å². The molecule has 0 aromatic heterocycles. The van der Waals surface area contributed by atoms with Gasteiger partial charge in [0.05, 0.1) is 5.02 Å². The van der Waals surface area contributed by atoms with Crippen LogP contribution in [0.3, 0.4) is 0 Å². The predicted molar refractivity (Wildman–Crippen MR) is 60.8 cm³/mol. The number of halogens is 1. The molecule has 2 aromatic carbocycles. The molecule has 14 heavy (non-hydrogen) atoms. The van der Waals surface area contributed by atoms with Crippen molar-refractivity contribution in [3.05, 3.63) is 40.4 Å². The molecular weight excluding hydrogens is 194 g/mol. The summed E-state index contributed by atoms with van der Waals surface area (Å²) in [4.78, 5) is 0. The summed E-state index contributed by atoms with van der Waals surface area (Å²) < 4.78 is 0. The Hall–Kier alpha value is -1.21. The van der Waals surface area contributed by atoms with E-state index in [1.165, 1.54) is 16.5 Å². The van der Waals surface area contributed by atoms with Crippen molar-refractivity contribution >= 4 is 28.1 Å². The van der Waals surface area contributed by atoms with Crippen LogP contribution < -0.4 is 5.73 Å². The van der Waals surface area contributed by atoms with Gasteiger partial charge in [-0.05, 0) is 41.5 Å². The van der Waals surface area contributed by atoms with Gasteiger partial charge in [-0.25, -0.2) is 0 Å². The van der Waals surface area contributed by atoms with Crippen molar-refractivity contribution in [2.45, 2.75) is 12.8 Å². The molecule has 0 atom stereocenters. The zero-order valence-corrected chi connectivity index (χ0v) is 8.43. The van der Waals surface area contributed by atoms with Gasteiger partial charge < -0.3 is 5.73 Å². The zero-order valence-electron chi connectivity index (χ0n) is 7.68. The predicted octanol–water partition coefficient (Wildman–Crippen LogP) is 3.17. The molecule has 2 N–H and O–H groups in total. The van der Waals surface area contributed by atoms with E-state index >= 15 is 0 Å². The highest BCUT2D eigenvalue weighted by Gasteiger charge is 2.16. The molecule has 1 aliphatic carbocycles. The van der Waals surface area contributed by atoms with E-state index in [0.29, 0.717) is 0 Å². The van der Waals surface area contributed by atoms with E-state index in [2.05, 4.69) is 12.1 Å². The summed E-state index contributed by atoms with van der Waals surface area (Å²) in [6.07, 6.45) is 2.24. The Kier molecular flexibility index (Phi) is 1.53. The molecule has 0 saturated heterocycles. The molecule has 70 valence electrons. The van der Waals surface area contributed by atoms with Gasteiger partial charge in [0.2, 0.25) is 0 Å². The van der Waals surface area contributed by atoms with Crippen molar-refractivity contribution in [2.75, 3.05) is 5.73 Å². The summed E-state index contributed by atoms with van der Waals surface area (Å²) in [5, 5.41) is 3.10. The van der Waals surface area contributed by atoms with Crippen LogP contribution in [-0.2, 0) is 12.8 Å². The normalized spacial score (nSPS) is 13.8. The maximum Gasteiger partial charge on any atom is 0.0505 e. The van der Waals surface area contributed by atoms with Gasteiger partial charge in [0, 0.05) is 11.1 Å². The Morgan fingerprint density at radius 1 is 0.929 bits per heavy atom. The number of hydrogen-bond acceptors (Lipinski definition) is 1. The minimum Gasteiger partial charge on any atom is -0.398 e. The van der Waals surface area contributed by atoms with E-state index < -0.39 is 0 Å². The minimum atomic E-state index is 0.769. The molecule has 2 heteroatoms. The topological polar surface area (TPSA) is 26.0 Å². The van der Waals surface area contributed by atoms with Gasteiger partial charge in [0.25, 0.3) is 0 Å². The second-order valence-electron chi connectivity index (χ2n) is 3.77. The Balaban J connectivity index is 2.60. The van der Waals surface area contributed by atoms with Crippen LogP contribution in [0.25, 0.3) is 10.8 Å². The number of aryl methyl sites for hydroxylation is 2. The summed E-state index contributed by atoms with van der Waals surface area (Å²) in [7, 11) is 0. The van der Waals surface area contributed by atoms with Crippen LogP contribution >= 0.6 is 11.6 Å².